The topological polar surface area (TPSA) is 41.1 Å². The predicted molar refractivity (Wildman–Crippen MR) is 83.7 cm³/mol. The lowest BCUT2D eigenvalue weighted by atomic mass is 9.99. The lowest BCUT2D eigenvalue weighted by Crippen LogP contribution is -2.41. The van der Waals surface area contributed by atoms with Crippen LogP contribution in [-0.2, 0) is 11.2 Å². The Morgan fingerprint density at radius 3 is 2.95 bits per heavy atom. The molecule has 0 aromatic heterocycles. The third kappa shape index (κ3) is 5.04. The number of hydrogen-bond donors (Lipinski definition) is 2. The zero-order valence-electron chi connectivity index (χ0n) is 11.1. The molecule has 0 aliphatic carbocycles. The fourth-order valence-electron chi connectivity index (χ4n) is 2.25. The Balaban J connectivity index is 0.00000200. The molecule has 6 heteroatoms. The summed E-state index contributed by atoms with van der Waals surface area (Å²) in [6.07, 6.45) is 2.73. The smallest absolute Gasteiger partial charge is 0.224 e. The van der Waals surface area contributed by atoms with Crippen molar-refractivity contribution >= 4 is 34.2 Å². The molecular formula is C14H19BrClFN2O. The molecule has 112 valence electrons. The molecule has 1 aromatic rings. The van der Waals surface area contributed by atoms with Crippen molar-refractivity contribution in [3.8, 4) is 0 Å². The maximum absolute atomic E-state index is 13.1. The molecule has 2 N–H and O–H groups in total. The van der Waals surface area contributed by atoms with Crippen LogP contribution in [0.25, 0.3) is 0 Å². The van der Waals surface area contributed by atoms with Crippen molar-refractivity contribution in [3.63, 3.8) is 0 Å². The minimum atomic E-state index is -0.263. The monoisotopic (exact) mass is 364 g/mol. The molecule has 1 amide bonds. The number of rotatable bonds is 4. The van der Waals surface area contributed by atoms with Gasteiger partial charge in [0.25, 0.3) is 0 Å². The number of amides is 1. The molecule has 1 atom stereocenters. The van der Waals surface area contributed by atoms with Crippen molar-refractivity contribution in [1.29, 1.82) is 0 Å². The summed E-state index contributed by atoms with van der Waals surface area (Å²) in [6.45, 7) is 2.37. The second-order valence-electron chi connectivity index (χ2n) is 4.83. The van der Waals surface area contributed by atoms with Crippen molar-refractivity contribution in [1.82, 2.24) is 10.6 Å². The number of carbonyl (C=O) groups is 1. The van der Waals surface area contributed by atoms with Gasteiger partial charge in [0.15, 0.2) is 0 Å². The van der Waals surface area contributed by atoms with Gasteiger partial charge in [0, 0.05) is 13.1 Å². The molecule has 1 saturated heterocycles. The van der Waals surface area contributed by atoms with Crippen molar-refractivity contribution in [2.24, 2.45) is 5.92 Å². The number of halogens is 3. The van der Waals surface area contributed by atoms with Crippen LogP contribution in [0.15, 0.2) is 22.7 Å². The first-order valence-corrected chi connectivity index (χ1v) is 7.38. The van der Waals surface area contributed by atoms with Crippen LogP contribution < -0.4 is 10.6 Å². The van der Waals surface area contributed by atoms with E-state index in [4.69, 9.17) is 0 Å². The molecule has 0 spiro atoms. The summed E-state index contributed by atoms with van der Waals surface area (Å²) in [4.78, 5) is 11.9. The Morgan fingerprint density at radius 2 is 2.30 bits per heavy atom. The molecular weight excluding hydrogens is 347 g/mol. The first-order chi connectivity index (χ1) is 9.16. The van der Waals surface area contributed by atoms with Crippen molar-refractivity contribution in [2.45, 2.75) is 19.3 Å². The van der Waals surface area contributed by atoms with E-state index in [1.165, 1.54) is 6.07 Å². The Morgan fingerprint density at radius 1 is 1.50 bits per heavy atom. The van der Waals surface area contributed by atoms with Crippen LogP contribution in [0.1, 0.15) is 18.4 Å². The third-order valence-corrected chi connectivity index (χ3v) is 3.97. The second-order valence-corrected chi connectivity index (χ2v) is 5.69. The standard InChI is InChI=1S/C14H18BrFN2O.ClH/c15-12-8-10(3-4-13(12)16)5-7-18-14(19)11-2-1-6-17-9-11;/h3-4,8,11,17H,1-2,5-7,9H2,(H,18,19);1H. The summed E-state index contributed by atoms with van der Waals surface area (Å²) in [5.41, 5.74) is 1.01. The van der Waals surface area contributed by atoms with Gasteiger partial charge in [-0.2, -0.15) is 0 Å². The maximum Gasteiger partial charge on any atom is 0.224 e. The first-order valence-electron chi connectivity index (χ1n) is 6.59. The van der Waals surface area contributed by atoms with E-state index in [0.29, 0.717) is 17.4 Å². The summed E-state index contributed by atoms with van der Waals surface area (Å²) < 4.78 is 13.5. The molecule has 20 heavy (non-hydrogen) atoms. The third-order valence-electron chi connectivity index (χ3n) is 3.36. The van der Waals surface area contributed by atoms with E-state index < -0.39 is 0 Å². The summed E-state index contributed by atoms with van der Waals surface area (Å²) in [5.74, 6) is -0.0526. The van der Waals surface area contributed by atoms with Crippen LogP contribution in [0.3, 0.4) is 0 Å². The maximum atomic E-state index is 13.1. The highest BCUT2D eigenvalue weighted by molar-refractivity contribution is 9.10. The summed E-state index contributed by atoms with van der Waals surface area (Å²) in [7, 11) is 0. The quantitative estimate of drug-likeness (QED) is 0.861. The van der Waals surface area contributed by atoms with Gasteiger partial charge in [-0.15, -0.1) is 12.4 Å². The molecule has 1 unspecified atom stereocenters. The van der Waals surface area contributed by atoms with Crippen molar-refractivity contribution < 1.29 is 9.18 Å². The van der Waals surface area contributed by atoms with Gasteiger partial charge in [-0.25, -0.2) is 4.39 Å². The average molecular weight is 366 g/mol. The van der Waals surface area contributed by atoms with Gasteiger partial charge in [0.05, 0.1) is 10.4 Å². The van der Waals surface area contributed by atoms with E-state index in [-0.39, 0.29) is 30.0 Å². The Bertz CT molecular complexity index is 453. The number of benzene rings is 1. The molecule has 0 bridgehead atoms. The van der Waals surface area contributed by atoms with E-state index in [9.17, 15) is 9.18 Å². The first kappa shape index (κ1) is 17.4. The fourth-order valence-corrected chi connectivity index (χ4v) is 2.67. The minimum Gasteiger partial charge on any atom is -0.355 e. The van der Waals surface area contributed by atoms with E-state index >= 15 is 0 Å². The molecule has 0 radical (unpaired) electrons. The van der Waals surface area contributed by atoms with Crippen LogP contribution in [0.4, 0.5) is 4.39 Å². The molecule has 1 fully saturated rings. The highest BCUT2D eigenvalue weighted by Gasteiger charge is 2.20. The molecule has 2 rings (SSSR count). The van der Waals surface area contributed by atoms with Crippen LogP contribution in [0.2, 0.25) is 0 Å². The lowest BCUT2D eigenvalue weighted by molar-refractivity contribution is -0.125. The molecule has 1 heterocycles. The fraction of sp³-hybridized carbons (Fsp3) is 0.500. The van der Waals surface area contributed by atoms with E-state index in [1.54, 1.807) is 12.1 Å². The van der Waals surface area contributed by atoms with Gasteiger partial charge in [-0.1, -0.05) is 6.07 Å². The summed E-state index contributed by atoms with van der Waals surface area (Å²) in [5, 5.41) is 6.18. The largest absolute Gasteiger partial charge is 0.355 e. The molecule has 1 aliphatic rings. The normalized spacial score (nSPS) is 18.2. The van der Waals surface area contributed by atoms with Gasteiger partial charge < -0.3 is 10.6 Å². The van der Waals surface area contributed by atoms with E-state index in [1.807, 2.05) is 0 Å². The second kappa shape index (κ2) is 8.60. The van der Waals surface area contributed by atoms with Gasteiger partial charge in [0.2, 0.25) is 5.91 Å². The van der Waals surface area contributed by atoms with Crippen LogP contribution in [-0.4, -0.2) is 25.5 Å². The summed E-state index contributed by atoms with van der Waals surface area (Å²) >= 11 is 3.16. The zero-order chi connectivity index (χ0) is 13.7. The SMILES string of the molecule is Cl.O=C(NCCc1ccc(F)c(Br)c1)C1CCCNC1. The van der Waals surface area contributed by atoms with Gasteiger partial charge in [-0.05, 0) is 59.4 Å². The van der Waals surface area contributed by atoms with Crippen LogP contribution in [0, 0.1) is 11.7 Å². The predicted octanol–water partition coefficient (Wildman–Crippen LogP) is 2.67. The van der Waals surface area contributed by atoms with Crippen molar-refractivity contribution in [2.75, 3.05) is 19.6 Å². The Kier molecular flexibility index (Phi) is 7.48. The molecule has 0 saturated carbocycles. The van der Waals surface area contributed by atoms with Crippen molar-refractivity contribution in [3.05, 3.63) is 34.1 Å². The van der Waals surface area contributed by atoms with E-state index in [2.05, 4.69) is 26.6 Å². The summed E-state index contributed by atoms with van der Waals surface area (Å²) in [6, 6.07) is 4.93. The van der Waals surface area contributed by atoms with E-state index in [0.717, 1.165) is 31.5 Å². The Hall–Kier alpha value is -0.650. The highest BCUT2D eigenvalue weighted by atomic mass is 79.9. The Labute approximate surface area is 133 Å². The molecule has 1 aromatic carbocycles. The number of nitrogens with one attached hydrogen (secondary N) is 2. The minimum absolute atomic E-state index is 0. The average Bonchev–Trinajstić information content (AvgIpc) is 2.43. The zero-order valence-corrected chi connectivity index (χ0v) is 13.5. The van der Waals surface area contributed by atoms with Crippen LogP contribution >= 0.6 is 28.3 Å². The van der Waals surface area contributed by atoms with Gasteiger partial charge in [0.1, 0.15) is 5.82 Å². The molecule has 1 aliphatic heterocycles. The van der Waals surface area contributed by atoms with Gasteiger partial charge >= 0.3 is 0 Å². The van der Waals surface area contributed by atoms with Gasteiger partial charge in [-0.3, -0.25) is 4.79 Å². The lowest BCUT2D eigenvalue weighted by Gasteiger charge is -2.21. The van der Waals surface area contributed by atoms with Crippen LogP contribution in [0.5, 0.6) is 0 Å². The molecule has 3 nitrogen and oxygen atoms in total. The number of carbonyl (C=O) groups excluding carboxylic acids is 1. The number of hydrogen-bond acceptors (Lipinski definition) is 2. The highest BCUT2D eigenvalue weighted by Crippen LogP contribution is 2.17. The number of piperidine rings is 1.